The number of para-hydroxylation sites is 1. The molecule has 1 fully saturated rings. The van der Waals surface area contributed by atoms with Crippen LogP contribution < -0.4 is 4.90 Å². The largest absolute Gasteiger partial charge is 0.444 e. The van der Waals surface area contributed by atoms with E-state index in [9.17, 15) is 18.0 Å². The van der Waals surface area contributed by atoms with Crippen LogP contribution in [0.5, 0.6) is 0 Å². The number of amides is 2. The van der Waals surface area contributed by atoms with E-state index in [-0.39, 0.29) is 29.5 Å². The van der Waals surface area contributed by atoms with Gasteiger partial charge in [-0.25, -0.2) is 13.2 Å². The lowest BCUT2D eigenvalue weighted by atomic mass is 9.87. The summed E-state index contributed by atoms with van der Waals surface area (Å²) in [6.07, 6.45) is -0.366. The number of nitrogens with zero attached hydrogens (tertiary/aromatic N) is 3. The van der Waals surface area contributed by atoms with E-state index in [0.717, 1.165) is 5.56 Å². The molecule has 0 aromatic heterocycles. The maximum Gasteiger partial charge on any atom is 0.410 e. The normalized spacial score (nSPS) is 22.0. The van der Waals surface area contributed by atoms with E-state index < -0.39 is 26.2 Å². The summed E-state index contributed by atoms with van der Waals surface area (Å²) in [5.74, 6) is -0.277. The molecule has 0 bridgehead atoms. The van der Waals surface area contributed by atoms with E-state index in [0.29, 0.717) is 25.3 Å². The first-order chi connectivity index (χ1) is 17.2. The van der Waals surface area contributed by atoms with E-state index in [1.807, 2.05) is 70.7 Å². The predicted octanol–water partition coefficient (Wildman–Crippen LogP) is 4.05. The van der Waals surface area contributed by atoms with Crippen LogP contribution in [0.15, 0.2) is 59.5 Å². The Hall–Kier alpha value is -2.91. The lowest BCUT2D eigenvalue weighted by molar-refractivity contribution is -0.120. The third-order valence-corrected chi connectivity index (χ3v) is 9.36. The molecular formula is C28H37N3O5S. The van der Waals surface area contributed by atoms with Crippen molar-refractivity contribution in [1.29, 1.82) is 0 Å². The maximum absolute atomic E-state index is 13.9. The van der Waals surface area contributed by atoms with Gasteiger partial charge in [0.05, 0.1) is 11.4 Å². The molecule has 8 nitrogen and oxygen atoms in total. The minimum absolute atomic E-state index is 0.0533. The fourth-order valence-electron chi connectivity index (χ4n) is 5.38. The van der Waals surface area contributed by atoms with Crippen LogP contribution >= 0.6 is 0 Å². The monoisotopic (exact) mass is 527 g/mol. The summed E-state index contributed by atoms with van der Waals surface area (Å²) in [7, 11) is -3.88. The summed E-state index contributed by atoms with van der Waals surface area (Å²) in [6.45, 7) is 12.6. The Morgan fingerprint density at radius 1 is 1.00 bits per heavy atom. The van der Waals surface area contributed by atoms with Crippen LogP contribution in [0.2, 0.25) is 0 Å². The van der Waals surface area contributed by atoms with Gasteiger partial charge in [0, 0.05) is 36.8 Å². The third kappa shape index (κ3) is 5.25. The molecule has 0 radical (unpaired) electrons. The smallest absolute Gasteiger partial charge is 0.410 e. The molecule has 0 saturated carbocycles. The Morgan fingerprint density at radius 2 is 1.62 bits per heavy atom. The van der Waals surface area contributed by atoms with Crippen LogP contribution in [0.1, 0.15) is 47.1 Å². The highest BCUT2D eigenvalue weighted by molar-refractivity contribution is 7.92. The van der Waals surface area contributed by atoms with Gasteiger partial charge in [-0.2, -0.15) is 0 Å². The number of carbonyl (C=O) groups is 2. The van der Waals surface area contributed by atoms with Gasteiger partial charge in [-0.15, -0.1) is 0 Å². The van der Waals surface area contributed by atoms with E-state index >= 15 is 0 Å². The van der Waals surface area contributed by atoms with E-state index in [1.165, 1.54) is 4.90 Å². The quantitative estimate of drug-likeness (QED) is 0.596. The highest BCUT2D eigenvalue weighted by Gasteiger charge is 2.54. The van der Waals surface area contributed by atoms with Gasteiger partial charge >= 0.3 is 6.09 Å². The van der Waals surface area contributed by atoms with Crippen molar-refractivity contribution in [3.8, 4) is 0 Å². The molecule has 4 rings (SSSR count). The zero-order valence-corrected chi connectivity index (χ0v) is 23.3. The second-order valence-electron chi connectivity index (χ2n) is 11.5. The molecule has 2 aromatic rings. The first kappa shape index (κ1) is 27.1. The molecule has 0 spiro atoms. The van der Waals surface area contributed by atoms with Crippen LogP contribution in [-0.4, -0.2) is 73.4 Å². The number of rotatable bonds is 4. The molecule has 2 aliphatic heterocycles. The number of sulfone groups is 1. The molecule has 2 heterocycles. The zero-order valence-electron chi connectivity index (χ0n) is 22.5. The Labute approximate surface area is 220 Å². The van der Waals surface area contributed by atoms with Crippen molar-refractivity contribution in [1.82, 2.24) is 9.80 Å². The van der Waals surface area contributed by atoms with Crippen molar-refractivity contribution in [3.63, 3.8) is 0 Å². The van der Waals surface area contributed by atoms with Crippen molar-refractivity contribution < 1.29 is 22.7 Å². The van der Waals surface area contributed by atoms with Crippen LogP contribution in [0, 0.1) is 0 Å². The average Bonchev–Trinajstić information content (AvgIpc) is 3.06. The van der Waals surface area contributed by atoms with Crippen LogP contribution in [0.4, 0.5) is 10.5 Å². The molecule has 2 atom stereocenters. The van der Waals surface area contributed by atoms with Crippen LogP contribution in [0.25, 0.3) is 0 Å². The summed E-state index contributed by atoms with van der Waals surface area (Å²) >= 11 is 0. The Morgan fingerprint density at radius 3 is 2.24 bits per heavy atom. The maximum atomic E-state index is 13.9. The van der Waals surface area contributed by atoms with E-state index in [1.54, 1.807) is 35.2 Å². The number of anilines is 1. The van der Waals surface area contributed by atoms with Crippen molar-refractivity contribution in [2.24, 2.45) is 0 Å². The number of fused-ring (bicyclic) bond motifs is 1. The average molecular weight is 528 g/mol. The minimum atomic E-state index is -3.88. The molecule has 0 aliphatic carbocycles. The van der Waals surface area contributed by atoms with Crippen molar-refractivity contribution >= 4 is 27.5 Å². The Kier molecular flexibility index (Phi) is 7.16. The number of hydrogen-bond acceptors (Lipinski definition) is 6. The summed E-state index contributed by atoms with van der Waals surface area (Å²) in [5.41, 5.74) is 0.0568. The van der Waals surface area contributed by atoms with Crippen molar-refractivity contribution in [2.75, 3.05) is 31.1 Å². The molecule has 2 amide bonds. The van der Waals surface area contributed by atoms with Gasteiger partial charge in [0.1, 0.15) is 5.60 Å². The number of benzene rings is 2. The van der Waals surface area contributed by atoms with Gasteiger partial charge in [-0.1, -0.05) is 50.2 Å². The molecule has 0 N–H and O–H groups in total. The fraction of sp³-hybridized carbons (Fsp3) is 0.500. The lowest BCUT2D eigenvalue weighted by Gasteiger charge is -2.40. The molecule has 200 valence electrons. The lowest BCUT2D eigenvalue weighted by Crippen LogP contribution is -2.58. The Balaban J connectivity index is 1.59. The molecule has 9 heteroatoms. The third-order valence-electron chi connectivity index (χ3n) is 7.04. The van der Waals surface area contributed by atoms with Gasteiger partial charge < -0.3 is 9.64 Å². The van der Waals surface area contributed by atoms with Gasteiger partial charge in [-0.05, 0) is 51.5 Å². The summed E-state index contributed by atoms with van der Waals surface area (Å²) in [4.78, 5) is 31.8. The summed E-state index contributed by atoms with van der Waals surface area (Å²) in [6, 6.07) is 15.6. The fourth-order valence-corrected chi connectivity index (χ4v) is 7.58. The highest BCUT2D eigenvalue weighted by atomic mass is 32.2. The van der Waals surface area contributed by atoms with Crippen LogP contribution in [-0.2, 0) is 24.8 Å². The van der Waals surface area contributed by atoms with Gasteiger partial charge in [0.15, 0.2) is 5.37 Å². The summed E-state index contributed by atoms with van der Waals surface area (Å²) in [5, 5.41) is -1.08. The topological polar surface area (TPSA) is 87.2 Å². The van der Waals surface area contributed by atoms with Crippen molar-refractivity contribution in [2.45, 2.75) is 68.9 Å². The second-order valence-corrected chi connectivity index (χ2v) is 13.5. The van der Waals surface area contributed by atoms with Gasteiger partial charge in [0.25, 0.3) is 0 Å². The van der Waals surface area contributed by atoms with Gasteiger partial charge in [0.2, 0.25) is 15.7 Å². The SMILES string of the molecule is CC1CN(CC(=O)N2c3ccccc3C(C)(C)C2S(=O)(=O)c2ccccc2)CCN1C(=O)OC(C)(C)C. The van der Waals surface area contributed by atoms with E-state index in [2.05, 4.69) is 0 Å². The number of hydrogen-bond donors (Lipinski definition) is 0. The first-order valence-electron chi connectivity index (χ1n) is 12.7. The second kappa shape index (κ2) is 9.76. The molecule has 2 aliphatic rings. The minimum Gasteiger partial charge on any atom is -0.444 e. The highest BCUT2D eigenvalue weighted by Crippen LogP contribution is 2.48. The predicted molar refractivity (Wildman–Crippen MR) is 143 cm³/mol. The molecule has 2 aromatic carbocycles. The zero-order chi connectivity index (χ0) is 27.2. The molecule has 1 saturated heterocycles. The number of carbonyl (C=O) groups excluding carboxylic acids is 2. The number of ether oxygens (including phenoxy) is 1. The first-order valence-corrected chi connectivity index (χ1v) is 14.2. The summed E-state index contributed by atoms with van der Waals surface area (Å²) < 4.78 is 33.4. The molecule has 2 unspecified atom stereocenters. The van der Waals surface area contributed by atoms with Crippen LogP contribution in [0.3, 0.4) is 0 Å². The van der Waals surface area contributed by atoms with Gasteiger partial charge in [-0.3, -0.25) is 14.6 Å². The van der Waals surface area contributed by atoms with Crippen molar-refractivity contribution in [3.05, 3.63) is 60.2 Å². The number of piperazine rings is 1. The van der Waals surface area contributed by atoms with E-state index in [4.69, 9.17) is 4.74 Å². The standard InChI is InChI=1S/C28H37N3O5S/c1-20-18-29(16-17-30(20)26(33)36-27(2,3)4)19-24(32)31-23-15-11-10-14-22(23)28(5,6)25(31)37(34,35)21-12-8-7-9-13-21/h7-15,20,25H,16-19H2,1-6H3. The molecule has 37 heavy (non-hydrogen) atoms. The Bertz CT molecular complexity index is 1270. The molecular weight excluding hydrogens is 490 g/mol.